The fourth-order valence-corrected chi connectivity index (χ4v) is 5.60. The van der Waals surface area contributed by atoms with Gasteiger partial charge in [0.05, 0.1) is 11.3 Å². The molecule has 0 spiro atoms. The van der Waals surface area contributed by atoms with Gasteiger partial charge < -0.3 is 15.3 Å². The Kier molecular flexibility index (Phi) is 6.56. The number of fused-ring (bicyclic) bond motifs is 1. The first-order valence-corrected chi connectivity index (χ1v) is 11.6. The Balaban J connectivity index is 1.28. The van der Waals surface area contributed by atoms with Gasteiger partial charge in [-0.15, -0.1) is 11.3 Å². The summed E-state index contributed by atoms with van der Waals surface area (Å²) in [4.78, 5) is 18.3. The summed E-state index contributed by atoms with van der Waals surface area (Å²) in [6.45, 7) is 4.08. The van der Waals surface area contributed by atoms with Crippen molar-refractivity contribution in [3.05, 3.63) is 40.3 Å². The first kappa shape index (κ1) is 20.7. The van der Waals surface area contributed by atoms with Crippen LogP contribution in [-0.4, -0.2) is 48.6 Å². The Morgan fingerprint density at radius 1 is 1.13 bits per heavy atom. The van der Waals surface area contributed by atoms with E-state index in [1.807, 2.05) is 18.2 Å². The first-order valence-electron chi connectivity index (χ1n) is 10.8. The van der Waals surface area contributed by atoms with Crippen LogP contribution in [0.2, 0.25) is 0 Å². The van der Waals surface area contributed by atoms with Crippen LogP contribution in [0.25, 0.3) is 0 Å². The van der Waals surface area contributed by atoms with E-state index >= 15 is 0 Å². The van der Waals surface area contributed by atoms with Crippen LogP contribution >= 0.6 is 11.3 Å². The third-order valence-corrected chi connectivity index (χ3v) is 7.24. The number of para-hydroxylation sites is 2. The number of phenols is 1. The van der Waals surface area contributed by atoms with Gasteiger partial charge in [0.15, 0.2) is 0 Å². The summed E-state index contributed by atoms with van der Waals surface area (Å²) in [5.74, 6) is 0.291. The minimum Gasteiger partial charge on any atom is -0.506 e. The number of benzene rings is 1. The molecule has 1 aliphatic carbocycles. The van der Waals surface area contributed by atoms with Crippen molar-refractivity contribution in [3.63, 3.8) is 0 Å². The van der Waals surface area contributed by atoms with Crippen LogP contribution in [0.1, 0.15) is 41.7 Å². The molecule has 1 aliphatic heterocycles. The van der Waals surface area contributed by atoms with E-state index in [1.165, 1.54) is 17.7 Å². The van der Waals surface area contributed by atoms with Gasteiger partial charge in [0.1, 0.15) is 16.8 Å². The molecule has 6 nitrogen and oxygen atoms in total. The predicted molar refractivity (Wildman–Crippen MR) is 120 cm³/mol. The van der Waals surface area contributed by atoms with Crippen LogP contribution in [0.15, 0.2) is 24.3 Å². The van der Waals surface area contributed by atoms with Gasteiger partial charge in [-0.05, 0) is 43.4 Å². The van der Waals surface area contributed by atoms with E-state index in [0.717, 1.165) is 61.7 Å². The van der Waals surface area contributed by atoms with Crippen molar-refractivity contribution in [2.24, 2.45) is 0 Å². The van der Waals surface area contributed by atoms with Gasteiger partial charge in [-0.25, -0.2) is 0 Å². The molecule has 1 aromatic carbocycles. The van der Waals surface area contributed by atoms with Crippen LogP contribution in [-0.2, 0) is 17.6 Å². The summed E-state index contributed by atoms with van der Waals surface area (Å²) >= 11 is 1.59. The van der Waals surface area contributed by atoms with Crippen LogP contribution in [0.4, 0.5) is 10.7 Å². The van der Waals surface area contributed by atoms with Gasteiger partial charge in [0.25, 0.3) is 0 Å². The molecule has 0 unspecified atom stereocenters. The highest BCUT2D eigenvalue weighted by molar-refractivity contribution is 7.16. The molecule has 1 saturated heterocycles. The second-order valence-electron chi connectivity index (χ2n) is 8.00. The van der Waals surface area contributed by atoms with Crippen LogP contribution in [0.5, 0.6) is 5.75 Å². The maximum Gasteiger partial charge on any atom is 0.226 e. The molecule has 2 aliphatic rings. The molecule has 0 bridgehead atoms. The molecule has 0 saturated carbocycles. The molecule has 0 atom stereocenters. The molecular weight excluding hydrogens is 396 g/mol. The van der Waals surface area contributed by atoms with E-state index in [2.05, 4.69) is 21.2 Å². The maximum absolute atomic E-state index is 12.6. The first-order chi connectivity index (χ1) is 14.7. The molecule has 1 aromatic heterocycles. The molecular formula is C23H28N4O2S. The normalized spacial score (nSPS) is 17.1. The van der Waals surface area contributed by atoms with E-state index in [4.69, 9.17) is 0 Å². The summed E-state index contributed by atoms with van der Waals surface area (Å²) in [5, 5.41) is 23.4. The van der Waals surface area contributed by atoms with Gasteiger partial charge >= 0.3 is 0 Å². The molecule has 2 heterocycles. The average molecular weight is 425 g/mol. The minimum absolute atomic E-state index is 0.0222. The second kappa shape index (κ2) is 9.50. The van der Waals surface area contributed by atoms with Gasteiger partial charge in [-0.3, -0.25) is 9.69 Å². The predicted octanol–water partition coefficient (Wildman–Crippen LogP) is 3.75. The molecule has 4 rings (SSSR count). The minimum atomic E-state index is -0.0222. The summed E-state index contributed by atoms with van der Waals surface area (Å²) in [6.07, 6.45) is 5.89. The fraction of sp³-hybridized carbons (Fsp3) is 0.478. The van der Waals surface area contributed by atoms with E-state index in [1.54, 1.807) is 17.4 Å². The third-order valence-electron chi connectivity index (χ3n) is 6.04. The zero-order valence-electron chi connectivity index (χ0n) is 17.2. The van der Waals surface area contributed by atoms with Crippen molar-refractivity contribution in [1.29, 1.82) is 5.26 Å². The van der Waals surface area contributed by atoms with Gasteiger partial charge in [-0.1, -0.05) is 18.6 Å². The zero-order valence-corrected chi connectivity index (χ0v) is 18.0. The average Bonchev–Trinajstić information content (AvgIpc) is 2.92. The number of nitrogens with zero attached hydrogens (tertiary/aromatic N) is 3. The Labute approximate surface area is 181 Å². The van der Waals surface area contributed by atoms with Crippen molar-refractivity contribution in [2.75, 3.05) is 42.9 Å². The van der Waals surface area contributed by atoms with Crippen molar-refractivity contribution in [2.45, 2.75) is 38.5 Å². The summed E-state index contributed by atoms with van der Waals surface area (Å²) < 4.78 is 0. The number of hydrogen-bond acceptors (Lipinski definition) is 6. The van der Waals surface area contributed by atoms with E-state index in [-0.39, 0.29) is 5.91 Å². The monoisotopic (exact) mass is 424 g/mol. The number of anilines is 2. The summed E-state index contributed by atoms with van der Waals surface area (Å²) in [6, 6.07) is 9.75. The lowest BCUT2D eigenvalue weighted by molar-refractivity contribution is -0.116. The third kappa shape index (κ3) is 4.61. The topological polar surface area (TPSA) is 79.6 Å². The lowest BCUT2D eigenvalue weighted by Gasteiger charge is -2.36. The number of hydrogen-bond donors (Lipinski definition) is 2. The van der Waals surface area contributed by atoms with Gasteiger partial charge in [0, 0.05) is 44.0 Å². The Morgan fingerprint density at radius 3 is 2.67 bits per heavy atom. The second-order valence-corrected chi connectivity index (χ2v) is 9.10. The molecule has 2 N–H and O–H groups in total. The Morgan fingerprint density at radius 2 is 1.90 bits per heavy atom. The van der Waals surface area contributed by atoms with E-state index < -0.39 is 0 Å². The number of nitriles is 1. The molecule has 2 aromatic rings. The number of piperazine rings is 1. The Hall–Kier alpha value is -2.56. The van der Waals surface area contributed by atoms with Gasteiger partial charge in [-0.2, -0.15) is 5.26 Å². The molecule has 30 heavy (non-hydrogen) atoms. The highest BCUT2D eigenvalue weighted by atomic mass is 32.1. The van der Waals surface area contributed by atoms with Crippen molar-refractivity contribution < 1.29 is 9.90 Å². The van der Waals surface area contributed by atoms with E-state index in [0.29, 0.717) is 24.3 Å². The van der Waals surface area contributed by atoms with Gasteiger partial charge in [0.2, 0.25) is 5.91 Å². The smallest absolute Gasteiger partial charge is 0.226 e. The lowest BCUT2D eigenvalue weighted by atomic mass is 10.1. The summed E-state index contributed by atoms with van der Waals surface area (Å²) in [5.41, 5.74) is 2.72. The van der Waals surface area contributed by atoms with Crippen molar-refractivity contribution >= 4 is 27.9 Å². The van der Waals surface area contributed by atoms with E-state index in [9.17, 15) is 15.2 Å². The molecule has 158 valence electrons. The maximum atomic E-state index is 12.6. The number of carbonyl (C=O) groups is 1. The lowest BCUT2D eigenvalue weighted by Crippen LogP contribution is -2.47. The standard InChI is InChI=1S/C23H28N4O2S/c24-16-18-17-6-2-1-3-9-21(17)30-23(18)25-22(29)10-11-26-12-14-27(15-13-26)19-7-4-5-8-20(19)28/h4-5,7-8,28H,1-3,6,9-15H2,(H,25,29). The van der Waals surface area contributed by atoms with Crippen LogP contribution in [0, 0.1) is 11.3 Å². The molecule has 0 radical (unpaired) electrons. The number of rotatable bonds is 5. The molecule has 1 amide bonds. The largest absolute Gasteiger partial charge is 0.506 e. The number of carbonyl (C=O) groups excluding carboxylic acids is 1. The quantitative estimate of drug-likeness (QED) is 0.715. The Bertz CT molecular complexity index is 941. The van der Waals surface area contributed by atoms with Crippen LogP contribution < -0.4 is 10.2 Å². The highest BCUT2D eigenvalue weighted by Crippen LogP contribution is 2.37. The number of amides is 1. The molecule has 7 heteroatoms. The van der Waals surface area contributed by atoms with Crippen molar-refractivity contribution in [3.8, 4) is 11.8 Å². The zero-order chi connectivity index (χ0) is 20.9. The number of aromatic hydroxyl groups is 1. The number of phenolic OH excluding ortho intramolecular Hbond substituents is 1. The number of thiophene rings is 1. The number of aryl methyl sites for hydroxylation is 1. The fourth-order valence-electron chi connectivity index (χ4n) is 4.34. The highest BCUT2D eigenvalue weighted by Gasteiger charge is 2.22. The number of nitrogens with one attached hydrogen (secondary N) is 1. The SMILES string of the molecule is N#Cc1c(NC(=O)CCN2CCN(c3ccccc3O)CC2)sc2c1CCCCC2. The van der Waals surface area contributed by atoms with Crippen molar-refractivity contribution in [1.82, 2.24) is 4.90 Å². The summed E-state index contributed by atoms with van der Waals surface area (Å²) in [7, 11) is 0. The molecule has 1 fully saturated rings. The van der Waals surface area contributed by atoms with Crippen LogP contribution in [0.3, 0.4) is 0 Å².